The summed E-state index contributed by atoms with van der Waals surface area (Å²) in [5, 5.41) is 11.5. The van der Waals surface area contributed by atoms with Gasteiger partial charge in [-0.1, -0.05) is 72.1 Å². The van der Waals surface area contributed by atoms with Gasteiger partial charge in [0.1, 0.15) is 5.69 Å². The second kappa shape index (κ2) is 8.69. The van der Waals surface area contributed by atoms with Crippen LogP contribution in [0.2, 0.25) is 0 Å². The van der Waals surface area contributed by atoms with Crippen molar-refractivity contribution in [1.29, 1.82) is 0 Å². The zero-order chi connectivity index (χ0) is 23.1. The number of nitrogens with zero attached hydrogens (tertiary/aromatic N) is 3. The smallest absolute Gasteiger partial charge is 0.113 e. The molecule has 162 valence electrons. The Morgan fingerprint density at radius 2 is 1.71 bits per heavy atom. The lowest BCUT2D eigenvalue weighted by molar-refractivity contribution is 0.816. The fourth-order valence-electron chi connectivity index (χ4n) is 4.79. The van der Waals surface area contributed by atoms with E-state index in [1.165, 1.54) is 54.8 Å². The van der Waals surface area contributed by atoms with Crippen LogP contribution in [0.25, 0.3) is 47.2 Å². The van der Waals surface area contributed by atoms with E-state index in [-0.39, 0.29) is 0 Å². The minimum absolute atomic E-state index is 0.292. The summed E-state index contributed by atoms with van der Waals surface area (Å²) in [6, 6.07) is 8.55. The maximum absolute atomic E-state index is 4.72. The molecule has 0 aromatic carbocycles. The standard InChI is InChI=1S/C29H21N3P2/c1-3-26-28-18(11-13-33-26)5-7-20(28)15-22-9-10-23-24(31-32-25(23)17-30-22)16-21-8-6-19-12-14-34-27(4-2)29(19)21/h3-15,17,21H,1-2,16H2/b20-15+. The highest BCUT2D eigenvalue weighted by atomic mass is 31.0. The van der Waals surface area contributed by atoms with Crippen LogP contribution in [0.5, 0.6) is 0 Å². The number of rotatable bonds is 5. The van der Waals surface area contributed by atoms with Gasteiger partial charge in [-0.3, -0.25) is 4.98 Å². The Morgan fingerprint density at radius 3 is 2.56 bits per heavy atom. The van der Waals surface area contributed by atoms with Gasteiger partial charge in [0, 0.05) is 34.1 Å². The second-order valence-corrected chi connectivity index (χ2v) is 10.4. The van der Waals surface area contributed by atoms with Crippen molar-refractivity contribution in [3.8, 4) is 11.3 Å². The van der Waals surface area contributed by atoms with Gasteiger partial charge in [0.2, 0.25) is 0 Å². The van der Waals surface area contributed by atoms with Gasteiger partial charge in [-0.15, -0.1) is 5.10 Å². The molecule has 0 bridgehead atoms. The zero-order valence-electron chi connectivity index (χ0n) is 18.5. The number of aromatic nitrogens is 3. The molecule has 34 heavy (non-hydrogen) atoms. The van der Waals surface area contributed by atoms with Crippen molar-refractivity contribution in [2.24, 2.45) is 0 Å². The number of allylic oxidation sites excluding steroid dienone is 3. The predicted molar refractivity (Wildman–Crippen MR) is 147 cm³/mol. The summed E-state index contributed by atoms with van der Waals surface area (Å²) >= 11 is 0. The number of hydrogen-bond donors (Lipinski definition) is 0. The molecule has 2 aliphatic heterocycles. The van der Waals surface area contributed by atoms with Gasteiger partial charge in [0.15, 0.2) is 0 Å². The SMILES string of the molecule is C=Cc1pccc2c1/C(=C/c1ccc3c(CC4C=Cc5ccpc(C=C)c54)nnc-3cn1)C=C2. The Bertz CT molecular complexity index is 1530. The topological polar surface area (TPSA) is 38.7 Å². The average molecular weight is 473 g/mol. The van der Waals surface area contributed by atoms with Gasteiger partial charge < -0.3 is 0 Å². The molecule has 0 spiro atoms. The molecule has 0 saturated carbocycles. The second-order valence-electron chi connectivity index (χ2n) is 8.33. The maximum Gasteiger partial charge on any atom is 0.113 e. The molecule has 2 aliphatic carbocycles. The van der Waals surface area contributed by atoms with E-state index in [9.17, 15) is 0 Å². The molecule has 1 atom stereocenters. The largest absolute Gasteiger partial charge is 0.255 e. The Labute approximate surface area is 202 Å². The molecule has 5 heteroatoms. The first kappa shape index (κ1) is 21.1. The zero-order valence-corrected chi connectivity index (χ0v) is 20.3. The van der Waals surface area contributed by atoms with E-state index in [0.717, 1.165) is 29.1 Å². The van der Waals surface area contributed by atoms with Gasteiger partial charge in [0.05, 0.1) is 17.6 Å². The molecule has 0 N–H and O–H groups in total. The molecule has 0 saturated heterocycles. The first-order valence-electron chi connectivity index (χ1n) is 11.2. The maximum atomic E-state index is 4.72. The highest BCUT2D eigenvalue weighted by molar-refractivity contribution is 7.31. The van der Waals surface area contributed by atoms with Crippen LogP contribution in [0.3, 0.4) is 0 Å². The van der Waals surface area contributed by atoms with Crippen LogP contribution in [-0.4, -0.2) is 15.2 Å². The molecular formula is C29H21N3P2. The summed E-state index contributed by atoms with van der Waals surface area (Å²) in [6.07, 6.45) is 17.5. The van der Waals surface area contributed by atoms with Crippen molar-refractivity contribution in [1.82, 2.24) is 15.2 Å². The molecule has 2 aromatic heterocycles. The fourth-order valence-corrected chi connectivity index (χ4v) is 6.61. The van der Waals surface area contributed by atoms with E-state index in [1.807, 2.05) is 18.3 Å². The lowest BCUT2D eigenvalue weighted by atomic mass is 9.94. The minimum atomic E-state index is 0.292. The van der Waals surface area contributed by atoms with Crippen LogP contribution >= 0.6 is 16.4 Å². The van der Waals surface area contributed by atoms with Crippen LogP contribution in [0.15, 0.2) is 67.4 Å². The summed E-state index contributed by atoms with van der Waals surface area (Å²) in [5.74, 6) is 4.63. The summed E-state index contributed by atoms with van der Waals surface area (Å²) in [6.45, 7) is 8.02. The first-order valence-corrected chi connectivity index (χ1v) is 13.1. The van der Waals surface area contributed by atoms with E-state index in [1.54, 1.807) is 0 Å². The van der Waals surface area contributed by atoms with Crippen LogP contribution in [0.4, 0.5) is 0 Å². The molecule has 1 unspecified atom stereocenters. The Hall–Kier alpha value is -3.51. The summed E-state index contributed by atoms with van der Waals surface area (Å²) < 4.78 is 0. The lowest BCUT2D eigenvalue weighted by Gasteiger charge is -2.12. The molecular weight excluding hydrogens is 452 g/mol. The van der Waals surface area contributed by atoms with Gasteiger partial charge in [-0.25, -0.2) is 0 Å². The molecule has 3 nitrogen and oxygen atoms in total. The number of hydrogen-bond acceptors (Lipinski definition) is 3. The third-order valence-corrected chi connectivity index (χ3v) is 8.38. The monoisotopic (exact) mass is 473 g/mol. The molecule has 0 amide bonds. The van der Waals surface area contributed by atoms with Crippen molar-refractivity contribution >= 4 is 52.3 Å². The Balaban J connectivity index is 1.34. The van der Waals surface area contributed by atoms with E-state index >= 15 is 0 Å². The summed E-state index contributed by atoms with van der Waals surface area (Å²) in [5.41, 5.74) is 10.1. The highest BCUT2D eigenvalue weighted by Gasteiger charge is 2.24. The highest BCUT2D eigenvalue weighted by Crippen LogP contribution is 2.40. The van der Waals surface area contributed by atoms with Gasteiger partial charge in [-0.05, 0) is 58.1 Å². The number of fused-ring (bicyclic) bond motifs is 3. The van der Waals surface area contributed by atoms with Crippen LogP contribution < -0.4 is 0 Å². The predicted octanol–water partition coefficient (Wildman–Crippen LogP) is 8.34. The van der Waals surface area contributed by atoms with Crippen molar-refractivity contribution in [2.45, 2.75) is 12.3 Å². The van der Waals surface area contributed by atoms with Crippen molar-refractivity contribution < 1.29 is 0 Å². The average Bonchev–Trinajstić information content (AvgIpc) is 3.54. The minimum Gasteiger partial charge on any atom is -0.255 e. The van der Waals surface area contributed by atoms with Crippen LogP contribution in [-0.2, 0) is 6.42 Å². The van der Waals surface area contributed by atoms with Gasteiger partial charge in [-0.2, -0.15) is 5.10 Å². The van der Waals surface area contributed by atoms with Crippen LogP contribution in [0.1, 0.15) is 50.2 Å². The Morgan fingerprint density at radius 1 is 0.882 bits per heavy atom. The van der Waals surface area contributed by atoms with Gasteiger partial charge in [0.25, 0.3) is 0 Å². The van der Waals surface area contributed by atoms with E-state index in [4.69, 9.17) is 4.98 Å². The quantitative estimate of drug-likeness (QED) is 0.292. The molecule has 0 radical (unpaired) electrons. The van der Waals surface area contributed by atoms with Crippen molar-refractivity contribution in [2.75, 3.05) is 0 Å². The van der Waals surface area contributed by atoms with Gasteiger partial charge >= 0.3 is 0 Å². The van der Waals surface area contributed by atoms with Crippen molar-refractivity contribution in [3.05, 3.63) is 112 Å². The summed E-state index contributed by atoms with van der Waals surface area (Å²) in [4.78, 5) is 4.72. The lowest BCUT2D eigenvalue weighted by Crippen LogP contribution is -2.01. The molecule has 0 fully saturated rings. The molecule has 4 aliphatic rings. The molecule has 4 heterocycles. The normalized spacial score (nSPS) is 17.2. The van der Waals surface area contributed by atoms with E-state index in [2.05, 4.69) is 89.6 Å². The Kier molecular flexibility index (Phi) is 5.38. The van der Waals surface area contributed by atoms with E-state index < -0.39 is 0 Å². The fraction of sp³-hybridized carbons (Fsp3) is 0.0690. The molecule has 6 rings (SSSR count). The van der Waals surface area contributed by atoms with E-state index in [0.29, 0.717) is 5.92 Å². The van der Waals surface area contributed by atoms with Crippen LogP contribution in [0, 0.1) is 0 Å². The third kappa shape index (κ3) is 3.59. The first-order chi connectivity index (χ1) is 16.7. The summed E-state index contributed by atoms with van der Waals surface area (Å²) in [7, 11) is 2.38. The molecule has 2 aromatic rings. The third-order valence-electron chi connectivity index (χ3n) is 6.40. The van der Waals surface area contributed by atoms with Crippen molar-refractivity contribution in [3.63, 3.8) is 0 Å².